The van der Waals surface area contributed by atoms with E-state index in [0.29, 0.717) is 28.9 Å². The molecular formula is C20H30N2O4. The molecule has 0 heterocycles. The maximum Gasteiger partial charge on any atom is 0.223 e. The van der Waals surface area contributed by atoms with Crippen LogP contribution in [0.5, 0.6) is 11.5 Å². The van der Waals surface area contributed by atoms with Crippen LogP contribution in [0.15, 0.2) is 18.2 Å². The molecule has 3 unspecified atom stereocenters. The first kappa shape index (κ1) is 19.0. The fraction of sp³-hybridized carbons (Fsp3) is 0.650. The summed E-state index contributed by atoms with van der Waals surface area (Å²) in [5.74, 6) is 2.16. The molecule has 26 heavy (non-hydrogen) atoms. The van der Waals surface area contributed by atoms with Gasteiger partial charge in [0.25, 0.3) is 0 Å². The molecule has 2 saturated carbocycles. The minimum absolute atomic E-state index is 0.00417. The molecule has 2 bridgehead atoms. The molecule has 1 aromatic rings. The summed E-state index contributed by atoms with van der Waals surface area (Å²) in [5.41, 5.74) is 6.91. The Labute approximate surface area is 155 Å². The molecule has 3 atom stereocenters. The second-order valence-corrected chi connectivity index (χ2v) is 7.57. The van der Waals surface area contributed by atoms with Gasteiger partial charge in [-0.2, -0.15) is 0 Å². The Kier molecular flexibility index (Phi) is 6.04. The lowest BCUT2D eigenvalue weighted by Crippen LogP contribution is -2.49. The van der Waals surface area contributed by atoms with Crippen LogP contribution in [0.3, 0.4) is 0 Å². The van der Waals surface area contributed by atoms with Gasteiger partial charge in [0, 0.05) is 24.1 Å². The highest BCUT2D eigenvalue weighted by molar-refractivity contribution is 5.78. The maximum absolute atomic E-state index is 12.6. The van der Waals surface area contributed by atoms with Gasteiger partial charge in [0.15, 0.2) is 0 Å². The predicted octanol–water partition coefficient (Wildman–Crippen LogP) is 2.01. The number of carbonyl (C=O) groups excluding carboxylic acids is 1. The predicted molar refractivity (Wildman–Crippen MR) is 99.0 cm³/mol. The van der Waals surface area contributed by atoms with Crippen molar-refractivity contribution in [3.8, 4) is 11.5 Å². The Morgan fingerprint density at radius 2 is 1.96 bits per heavy atom. The van der Waals surface area contributed by atoms with Gasteiger partial charge in [0.05, 0.1) is 20.3 Å². The van der Waals surface area contributed by atoms with E-state index in [0.717, 1.165) is 25.7 Å². The lowest BCUT2D eigenvalue weighted by atomic mass is 9.65. The minimum atomic E-state index is -0.852. The molecule has 1 aromatic carbocycles. The van der Waals surface area contributed by atoms with Crippen molar-refractivity contribution in [2.45, 2.75) is 44.2 Å². The van der Waals surface area contributed by atoms with E-state index < -0.39 is 6.10 Å². The molecule has 2 aliphatic carbocycles. The topological polar surface area (TPSA) is 93.8 Å². The number of rotatable bonds is 6. The zero-order chi connectivity index (χ0) is 18.7. The zero-order valence-corrected chi connectivity index (χ0v) is 15.6. The summed E-state index contributed by atoms with van der Waals surface area (Å²) >= 11 is 0. The zero-order valence-electron chi connectivity index (χ0n) is 15.6. The standard InChI is InChI=1S/C20H30N2O4/c1-25-15-6-7-18(26-2)16(10-15)17(23)11-22-20(24)14-8-12-4-3-5-13(9-14)19(12)21/h6-7,10,12-14,17,19,23H,3-5,8-9,11,21H2,1-2H3,(H,22,24). The smallest absolute Gasteiger partial charge is 0.223 e. The number of hydrogen-bond donors (Lipinski definition) is 3. The van der Waals surface area contributed by atoms with E-state index in [9.17, 15) is 9.90 Å². The molecule has 0 aliphatic heterocycles. The third-order valence-electron chi connectivity index (χ3n) is 6.05. The van der Waals surface area contributed by atoms with Crippen LogP contribution in [0, 0.1) is 17.8 Å². The second-order valence-electron chi connectivity index (χ2n) is 7.57. The molecule has 6 nitrogen and oxygen atoms in total. The molecule has 3 rings (SSSR count). The molecule has 4 N–H and O–H groups in total. The third kappa shape index (κ3) is 3.96. The Balaban J connectivity index is 1.59. The Bertz CT molecular complexity index is 622. The molecular weight excluding hydrogens is 332 g/mol. The number of fused-ring (bicyclic) bond motifs is 2. The van der Waals surface area contributed by atoms with Gasteiger partial charge in [-0.05, 0) is 55.7 Å². The number of methoxy groups -OCH3 is 2. The van der Waals surface area contributed by atoms with E-state index in [4.69, 9.17) is 15.2 Å². The minimum Gasteiger partial charge on any atom is -0.497 e. The summed E-state index contributed by atoms with van der Waals surface area (Å²) in [7, 11) is 3.13. The molecule has 2 fully saturated rings. The summed E-state index contributed by atoms with van der Waals surface area (Å²) in [6.45, 7) is 0.153. The highest BCUT2D eigenvalue weighted by atomic mass is 16.5. The van der Waals surface area contributed by atoms with Crippen molar-refractivity contribution >= 4 is 5.91 Å². The van der Waals surface area contributed by atoms with Gasteiger partial charge in [-0.15, -0.1) is 0 Å². The van der Waals surface area contributed by atoms with Crippen LogP contribution in [0.25, 0.3) is 0 Å². The number of aliphatic hydroxyl groups excluding tert-OH is 1. The van der Waals surface area contributed by atoms with Crippen LogP contribution in [0.4, 0.5) is 0 Å². The van der Waals surface area contributed by atoms with Crippen LogP contribution in [-0.2, 0) is 4.79 Å². The molecule has 0 aromatic heterocycles. The number of ether oxygens (including phenoxy) is 2. The molecule has 0 spiro atoms. The maximum atomic E-state index is 12.6. The van der Waals surface area contributed by atoms with E-state index in [1.165, 1.54) is 6.42 Å². The Morgan fingerprint density at radius 1 is 1.27 bits per heavy atom. The van der Waals surface area contributed by atoms with E-state index in [2.05, 4.69) is 5.32 Å². The monoisotopic (exact) mass is 362 g/mol. The molecule has 144 valence electrons. The van der Waals surface area contributed by atoms with E-state index in [1.807, 2.05) is 0 Å². The SMILES string of the molecule is COc1ccc(OC)c(C(O)CNC(=O)C2CC3CCCC(C2)C3N)c1. The number of nitrogens with one attached hydrogen (secondary N) is 1. The first-order valence-electron chi connectivity index (χ1n) is 9.46. The van der Waals surface area contributed by atoms with E-state index in [1.54, 1.807) is 32.4 Å². The quantitative estimate of drug-likeness (QED) is 0.720. The molecule has 1 amide bonds. The van der Waals surface area contributed by atoms with Crippen molar-refractivity contribution in [2.75, 3.05) is 20.8 Å². The van der Waals surface area contributed by atoms with Crippen molar-refractivity contribution in [3.63, 3.8) is 0 Å². The number of hydrogen-bond acceptors (Lipinski definition) is 5. The van der Waals surface area contributed by atoms with Gasteiger partial charge in [0.1, 0.15) is 11.5 Å². The summed E-state index contributed by atoms with van der Waals surface area (Å²) in [6.07, 6.45) is 4.36. The fourth-order valence-electron chi connectivity index (χ4n) is 4.55. The first-order chi connectivity index (χ1) is 12.5. The largest absolute Gasteiger partial charge is 0.497 e. The van der Waals surface area contributed by atoms with Crippen LogP contribution >= 0.6 is 0 Å². The number of aliphatic hydroxyl groups is 1. The Hall–Kier alpha value is -1.79. The summed E-state index contributed by atoms with van der Waals surface area (Å²) < 4.78 is 10.5. The number of benzene rings is 1. The highest BCUT2D eigenvalue weighted by Gasteiger charge is 2.40. The van der Waals surface area contributed by atoms with Crippen LogP contribution in [-0.4, -0.2) is 37.8 Å². The van der Waals surface area contributed by atoms with Crippen LogP contribution < -0.4 is 20.5 Å². The summed E-state index contributed by atoms with van der Waals surface area (Å²) in [6, 6.07) is 5.51. The summed E-state index contributed by atoms with van der Waals surface area (Å²) in [5, 5.41) is 13.5. The van der Waals surface area contributed by atoms with Gasteiger partial charge < -0.3 is 25.6 Å². The number of nitrogens with two attached hydrogens (primary N) is 1. The van der Waals surface area contributed by atoms with Gasteiger partial charge in [-0.1, -0.05) is 6.42 Å². The van der Waals surface area contributed by atoms with E-state index >= 15 is 0 Å². The van der Waals surface area contributed by atoms with Crippen molar-refractivity contribution in [2.24, 2.45) is 23.5 Å². The van der Waals surface area contributed by atoms with Gasteiger partial charge in [-0.3, -0.25) is 4.79 Å². The molecule has 6 heteroatoms. The molecule has 0 radical (unpaired) electrons. The molecule has 0 saturated heterocycles. The van der Waals surface area contributed by atoms with Crippen molar-refractivity contribution < 1.29 is 19.4 Å². The second kappa shape index (κ2) is 8.27. The normalized spacial score (nSPS) is 28.9. The van der Waals surface area contributed by atoms with Crippen LogP contribution in [0.1, 0.15) is 43.8 Å². The average molecular weight is 362 g/mol. The van der Waals surface area contributed by atoms with Gasteiger partial charge in [0.2, 0.25) is 5.91 Å². The van der Waals surface area contributed by atoms with Crippen molar-refractivity contribution in [1.82, 2.24) is 5.32 Å². The lowest BCUT2D eigenvalue weighted by Gasteiger charge is -2.43. The molecule has 2 aliphatic rings. The Morgan fingerprint density at radius 3 is 2.58 bits per heavy atom. The van der Waals surface area contributed by atoms with Gasteiger partial charge in [-0.25, -0.2) is 0 Å². The average Bonchev–Trinajstić information content (AvgIpc) is 2.65. The first-order valence-corrected chi connectivity index (χ1v) is 9.46. The fourth-order valence-corrected chi connectivity index (χ4v) is 4.55. The summed E-state index contributed by atoms with van der Waals surface area (Å²) in [4.78, 5) is 12.6. The van der Waals surface area contributed by atoms with E-state index in [-0.39, 0.29) is 24.4 Å². The highest BCUT2D eigenvalue weighted by Crippen LogP contribution is 2.42. The number of amides is 1. The third-order valence-corrected chi connectivity index (χ3v) is 6.05. The van der Waals surface area contributed by atoms with Crippen LogP contribution in [0.2, 0.25) is 0 Å². The van der Waals surface area contributed by atoms with Gasteiger partial charge >= 0.3 is 0 Å². The van der Waals surface area contributed by atoms with Crippen molar-refractivity contribution in [1.29, 1.82) is 0 Å². The lowest BCUT2D eigenvalue weighted by molar-refractivity contribution is -0.128. The van der Waals surface area contributed by atoms with Crippen molar-refractivity contribution in [3.05, 3.63) is 23.8 Å². The number of carbonyl (C=O) groups is 1.